The summed E-state index contributed by atoms with van der Waals surface area (Å²) in [6.45, 7) is 11.8. The van der Waals surface area contributed by atoms with Crippen LogP contribution in [0.5, 0.6) is 0 Å². The standard InChI is InChI=1S/C14H26N4/c1-11(2)15-8-6-7-13(5)9-14-16-10-17-18(14)12(3)4/h7,10-12,15H,6,8-9H2,1-5H3. The largest absolute Gasteiger partial charge is 0.314 e. The van der Waals surface area contributed by atoms with Crippen LogP contribution in [0.4, 0.5) is 0 Å². The van der Waals surface area contributed by atoms with Crippen molar-refractivity contribution in [2.75, 3.05) is 6.54 Å². The van der Waals surface area contributed by atoms with Gasteiger partial charge >= 0.3 is 0 Å². The molecule has 0 unspecified atom stereocenters. The van der Waals surface area contributed by atoms with E-state index in [0.29, 0.717) is 12.1 Å². The molecule has 102 valence electrons. The second kappa shape index (κ2) is 7.31. The summed E-state index contributed by atoms with van der Waals surface area (Å²) in [6, 6.07) is 0.931. The molecule has 1 N–H and O–H groups in total. The molecule has 1 rings (SSSR count). The summed E-state index contributed by atoms with van der Waals surface area (Å²) in [7, 11) is 0. The molecule has 0 bridgehead atoms. The molecule has 1 aromatic heterocycles. The Labute approximate surface area is 110 Å². The van der Waals surface area contributed by atoms with Gasteiger partial charge in [0.2, 0.25) is 0 Å². The van der Waals surface area contributed by atoms with E-state index in [1.165, 1.54) is 5.57 Å². The lowest BCUT2D eigenvalue weighted by Crippen LogP contribution is -2.23. The van der Waals surface area contributed by atoms with E-state index in [2.05, 4.69) is 56.1 Å². The van der Waals surface area contributed by atoms with E-state index in [9.17, 15) is 0 Å². The van der Waals surface area contributed by atoms with Gasteiger partial charge in [-0.1, -0.05) is 25.5 Å². The molecule has 0 fully saturated rings. The summed E-state index contributed by atoms with van der Waals surface area (Å²) >= 11 is 0. The predicted molar refractivity (Wildman–Crippen MR) is 75.6 cm³/mol. The Hall–Kier alpha value is -1.16. The smallest absolute Gasteiger partial charge is 0.138 e. The van der Waals surface area contributed by atoms with Crippen molar-refractivity contribution >= 4 is 0 Å². The molecule has 0 amide bonds. The van der Waals surface area contributed by atoms with E-state index in [4.69, 9.17) is 0 Å². The van der Waals surface area contributed by atoms with Crippen LogP contribution < -0.4 is 5.32 Å². The fraction of sp³-hybridized carbons (Fsp3) is 0.714. The molecule has 0 atom stereocenters. The van der Waals surface area contributed by atoms with Crippen molar-refractivity contribution < 1.29 is 0 Å². The third-order valence-corrected chi connectivity index (χ3v) is 2.76. The second-order valence-electron chi connectivity index (χ2n) is 5.34. The fourth-order valence-corrected chi connectivity index (χ4v) is 1.84. The number of allylic oxidation sites excluding steroid dienone is 1. The molecule has 0 aliphatic heterocycles. The summed E-state index contributed by atoms with van der Waals surface area (Å²) in [4.78, 5) is 4.33. The first-order valence-electron chi connectivity index (χ1n) is 6.78. The van der Waals surface area contributed by atoms with Crippen LogP contribution in [0.15, 0.2) is 18.0 Å². The third-order valence-electron chi connectivity index (χ3n) is 2.76. The summed E-state index contributed by atoms with van der Waals surface area (Å²) in [5.41, 5.74) is 1.36. The highest BCUT2D eigenvalue weighted by Crippen LogP contribution is 2.10. The maximum Gasteiger partial charge on any atom is 0.138 e. The normalized spacial score (nSPS) is 12.7. The van der Waals surface area contributed by atoms with Crippen LogP contribution in [-0.2, 0) is 6.42 Å². The molecule has 0 spiro atoms. The van der Waals surface area contributed by atoms with E-state index >= 15 is 0 Å². The lowest BCUT2D eigenvalue weighted by molar-refractivity contribution is 0.509. The highest BCUT2D eigenvalue weighted by atomic mass is 15.3. The first kappa shape index (κ1) is 14.9. The lowest BCUT2D eigenvalue weighted by atomic mass is 10.1. The Bertz CT molecular complexity index is 377. The number of hydrogen-bond acceptors (Lipinski definition) is 3. The van der Waals surface area contributed by atoms with Gasteiger partial charge in [0.15, 0.2) is 0 Å². The van der Waals surface area contributed by atoms with E-state index < -0.39 is 0 Å². The summed E-state index contributed by atoms with van der Waals surface area (Å²) in [5, 5.41) is 7.67. The van der Waals surface area contributed by atoms with Crippen molar-refractivity contribution in [3.8, 4) is 0 Å². The first-order chi connectivity index (χ1) is 8.50. The van der Waals surface area contributed by atoms with Crippen molar-refractivity contribution in [1.29, 1.82) is 0 Å². The second-order valence-corrected chi connectivity index (χ2v) is 5.34. The molecule has 18 heavy (non-hydrogen) atoms. The zero-order chi connectivity index (χ0) is 13.5. The van der Waals surface area contributed by atoms with Gasteiger partial charge in [0.25, 0.3) is 0 Å². The van der Waals surface area contributed by atoms with E-state index in [0.717, 1.165) is 25.2 Å². The molecule has 0 saturated heterocycles. The Morgan fingerprint density at radius 1 is 1.39 bits per heavy atom. The van der Waals surface area contributed by atoms with Gasteiger partial charge in [-0.2, -0.15) is 5.10 Å². The van der Waals surface area contributed by atoms with Crippen LogP contribution in [0, 0.1) is 0 Å². The minimum Gasteiger partial charge on any atom is -0.314 e. The maximum absolute atomic E-state index is 4.33. The minimum atomic E-state index is 0.373. The van der Waals surface area contributed by atoms with Crippen molar-refractivity contribution in [3.05, 3.63) is 23.8 Å². The van der Waals surface area contributed by atoms with E-state index in [1.54, 1.807) is 6.33 Å². The Morgan fingerprint density at radius 2 is 2.11 bits per heavy atom. The monoisotopic (exact) mass is 250 g/mol. The van der Waals surface area contributed by atoms with Gasteiger partial charge in [0.05, 0.1) is 0 Å². The number of nitrogens with one attached hydrogen (secondary N) is 1. The first-order valence-corrected chi connectivity index (χ1v) is 6.78. The lowest BCUT2D eigenvalue weighted by Gasteiger charge is -2.10. The number of rotatable bonds is 7. The molecular weight excluding hydrogens is 224 g/mol. The van der Waals surface area contributed by atoms with E-state index in [1.807, 2.05) is 4.68 Å². The molecule has 0 aromatic carbocycles. The molecular formula is C14H26N4. The van der Waals surface area contributed by atoms with Gasteiger partial charge in [-0.3, -0.25) is 0 Å². The topological polar surface area (TPSA) is 42.7 Å². The fourth-order valence-electron chi connectivity index (χ4n) is 1.84. The van der Waals surface area contributed by atoms with Gasteiger partial charge in [-0.05, 0) is 33.7 Å². The van der Waals surface area contributed by atoms with Crippen molar-refractivity contribution in [2.45, 2.75) is 59.5 Å². The Kier molecular flexibility index (Phi) is 6.05. The van der Waals surface area contributed by atoms with E-state index in [-0.39, 0.29) is 0 Å². The molecule has 0 saturated carbocycles. The maximum atomic E-state index is 4.33. The molecule has 0 aliphatic carbocycles. The zero-order valence-electron chi connectivity index (χ0n) is 12.3. The number of aromatic nitrogens is 3. The number of nitrogens with zero attached hydrogens (tertiary/aromatic N) is 3. The molecule has 4 nitrogen and oxygen atoms in total. The van der Waals surface area contributed by atoms with Crippen LogP contribution >= 0.6 is 0 Å². The number of hydrogen-bond donors (Lipinski definition) is 1. The SMILES string of the molecule is CC(=CCCNC(C)C)Cc1ncnn1C(C)C. The molecule has 4 heteroatoms. The van der Waals surface area contributed by atoms with Gasteiger partial charge in [-0.15, -0.1) is 0 Å². The van der Waals surface area contributed by atoms with Crippen LogP contribution in [-0.4, -0.2) is 27.4 Å². The van der Waals surface area contributed by atoms with Gasteiger partial charge in [-0.25, -0.2) is 9.67 Å². The quantitative estimate of drug-likeness (QED) is 0.597. The average molecular weight is 250 g/mol. The van der Waals surface area contributed by atoms with Gasteiger partial charge in [0, 0.05) is 18.5 Å². The average Bonchev–Trinajstić information content (AvgIpc) is 2.72. The Morgan fingerprint density at radius 3 is 2.72 bits per heavy atom. The van der Waals surface area contributed by atoms with Crippen molar-refractivity contribution in [3.63, 3.8) is 0 Å². The summed E-state index contributed by atoms with van der Waals surface area (Å²) < 4.78 is 1.99. The molecule has 1 heterocycles. The molecule has 0 radical (unpaired) electrons. The highest BCUT2D eigenvalue weighted by molar-refractivity contribution is 5.07. The van der Waals surface area contributed by atoms with Crippen LogP contribution in [0.2, 0.25) is 0 Å². The summed E-state index contributed by atoms with van der Waals surface area (Å²) in [6.07, 6.45) is 5.89. The molecule has 1 aromatic rings. The van der Waals surface area contributed by atoms with Gasteiger partial charge in [0.1, 0.15) is 12.2 Å². The predicted octanol–water partition coefficient (Wildman–Crippen LogP) is 2.74. The third kappa shape index (κ3) is 5.00. The minimum absolute atomic E-state index is 0.373. The zero-order valence-corrected chi connectivity index (χ0v) is 12.3. The van der Waals surface area contributed by atoms with Crippen molar-refractivity contribution in [1.82, 2.24) is 20.1 Å². The van der Waals surface area contributed by atoms with Gasteiger partial charge < -0.3 is 5.32 Å². The molecule has 0 aliphatic rings. The Balaban J connectivity index is 2.45. The van der Waals surface area contributed by atoms with Crippen molar-refractivity contribution in [2.24, 2.45) is 0 Å². The summed E-state index contributed by atoms with van der Waals surface area (Å²) in [5.74, 6) is 1.05. The van der Waals surface area contributed by atoms with Crippen LogP contribution in [0.1, 0.15) is 52.9 Å². The van der Waals surface area contributed by atoms with Crippen LogP contribution in [0.3, 0.4) is 0 Å². The highest BCUT2D eigenvalue weighted by Gasteiger charge is 2.07. The van der Waals surface area contributed by atoms with Crippen LogP contribution in [0.25, 0.3) is 0 Å².